The zero-order valence-electron chi connectivity index (χ0n) is 19.4. The van der Waals surface area contributed by atoms with Crippen molar-refractivity contribution in [1.82, 2.24) is 30.0 Å². The third-order valence-electron chi connectivity index (χ3n) is 5.63. The Hall–Kier alpha value is -5.00. The summed E-state index contributed by atoms with van der Waals surface area (Å²) in [5.41, 5.74) is 3.32. The van der Waals surface area contributed by atoms with E-state index in [4.69, 9.17) is 9.15 Å². The van der Waals surface area contributed by atoms with E-state index in [0.29, 0.717) is 27.9 Å². The van der Waals surface area contributed by atoms with E-state index in [0.717, 1.165) is 11.1 Å². The minimum atomic E-state index is -0.458. The second-order valence-corrected chi connectivity index (χ2v) is 8.01. The van der Waals surface area contributed by atoms with Gasteiger partial charge in [0.25, 0.3) is 5.91 Å². The summed E-state index contributed by atoms with van der Waals surface area (Å²) < 4.78 is 11.7. The highest BCUT2D eigenvalue weighted by atomic mass is 16.5. The summed E-state index contributed by atoms with van der Waals surface area (Å²) >= 11 is 0. The van der Waals surface area contributed by atoms with Crippen LogP contribution in [0.25, 0.3) is 22.1 Å². The fourth-order valence-electron chi connectivity index (χ4n) is 3.79. The lowest BCUT2D eigenvalue weighted by Gasteiger charge is -2.06. The zero-order chi connectivity index (χ0) is 25.2. The number of carbonyl (C=O) groups is 2. The van der Waals surface area contributed by atoms with Crippen molar-refractivity contribution in [2.24, 2.45) is 7.05 Å². The quantitative estimate of drug-likeness (QED) is 0.314. The average Bonchev–Trinajstić information content (AvgIpc) is 3.42. The van der Waals surface area contributed by atoms with Gasteiger partial charge in [-0.15, -0.1) is 0 Å². The molecule has 5 aromatic rings. The Kier molecular flexibility index (Phi) is 5.90. The number of aromatic amines is 1. The minimum absolute atomic E-state index is 0.0811. The molecule has 0 aliphatic heterocycles. The zero-order valence-corrected chi connectivity index (χ0v) is 19.4. The molecule has 0 atom stereocenters. The maximum atomic E-state index is 12.9. The van der Waals surface area contributed by atoms with Gasteiger partial charge in [0, 0.05) is 13.6 Å². The van der Waals surface area contributed by atoms with E-state index in [1.54, 1.807) is 50.6 Å². The summed E-state index contributed by atoms with van der Waals surface area (Å²) in [6.45, 7) is 0.192. The Balaban J connectivity index is 1.30. The van der Waals surface area contributed by atoms with Crippen molar-refractivity contribution in [2.75, 3.05) is 12.4 Å². The predicted octanol–water partition coefficient (Wildman–Crippen LogP) is 1.92. The van der Waals surface area contributed by atoms with E-state index in [9.17, 15) is 14.4 Å². The molecule has 0 radical (unpaired) electrons. The molecule has 182 valence electrons. The molecule has 0 spiro atoms. The second kappa shape index (κ2) is 9.33. The Bertz CT molecular complexity index is 1670. The number of carbonyl (C=O) groups excluding carboxylic acids is 2. The van der Waals surface area contributed by atoms with Crippen molar-refractivity contribution >= 4 is 39.8 Å². The Labute approximate surface area is 203 Å². The maximum absolute atomic E-state index is 12.9. The van der Waals surface area contributed by atoms with Crippen molar-refractivity contribution in [3.63, 3.8) is 0 Å². The number of nitrogens with zero attached hydrogens (tertiary/aromatic N) is 4. The maximum Gasteiger partial charge on any atom is 0.419 e. The number of anilines is 1. The molecule has 0 saturated heterocycles. The number of ether oxygens (including phenoxy) is 1. The van der Waals surface area contributed by atoms with E-state index in [2.05, 4.69) is 30.8 Å². The number of aromatic nitrogens is 5. The molecule has 12 nitrogen and oxygen atoms in total. The van der Waals surface area contributed by atoms with Crippen LogP contribution in [0.15, 0.2) is 58.0 Å². The monoisotopic (exact) mass is 487 g/mol. The Morgan fingerprint density at radius 1 is 1.14 bits per heavy atom. The standard InChI is InChI=1S/C24H21N7O5/c1-31-16-9-14(6-7-17(16)36-24(31)34)11-25-23(33)21-19-20(26-12-27-21)22(30-29-19)28-18(32)10-13-4-3-5-15(8-13)35-2/h3-9,12H,10-11H2,1-2H3,(H,25,33)(H2,28,29,30,32). The molecule has 0 saturated carbocycles. The molecule has 5 rings (SSSR count). The number of benzene rings is 2. The molecule has 0 fully saturated rings. The number of aryl methyl sites for hydroxylation is 1. The van der Waals surface area contributed by atoms with Crippen LogP contribution in [0.5, 0.6) is 5.75 Å². The highest BCUT2D eigenvalue weighted by Crippen LogP contribution is 2.21. The fourth-order valence-corrected chi connectivity index (χ4v) is 3.79. The number of rotatable bonds is 7. The molecule has 0 unspecified atom stereocenters. The number of methoxy groups -OCH3 is 1. The molecular weight excluding hydrogens is 466 g/mol. The van der Waals surface area contributed by atoms with Gasteiger partial charge in [0.2, 0.25) is 5.91 Å². The Morgan fingerprint density at radius 2 is 2.00 bits per heavy atom. The highest BCUT2D eigenvalue weighted by molar-refractivity contribution is 6.06. The fraction of sp³-hybridized carbons (Fsp3) is 0.167. The first kappa shape index (κ1) is 22.8. The van der Waals surface area contributed by atoms with Crippen molar-refractivity contribution in [3.8, 4) is 5.75 Å². The highest BCUT2D eigenvalue weighted by Gasteiger charge is 2.19. The third-order valence-corrected chi connectivity index (χ3v) is 5.63. The number of hydrogen-bond acceptors (Lipinski definition) is 8. The van der Waals surface area contributed by atoms with Crippen molar-refractivity contribution in [1.29, 1.82) is 0 Å². The van der Waals surface area contributed by atoms with E-state index < -0.39 is 11.7 Å². The van der Waals surface area contributed by atoms with E-state index in [1.165, 1.54) is 10.9 Å². The predicted molar refractivity (Wildman–Crippen MR) is 130 cm³/mol. The molecule has 3 heterocycles. The third kappa shape index (κ3) is 4.39. The molecule has 3 N–H and O–H groups in total. The molecule has 0 bridgehead atoms. The van der Waals surface area contributed by atoms with E-state index in [-0.39, 0.29) is 30.4 Å². The van der Waals surface area contributed by atoms with Crippen molar-refractivity contribution in [2.45, 2.75) is 13.0 Å². The van der Waals surface area contributed by atoms with Gasteiger partial charge in [-0.05, 0) is 35.4 Å². The number of fused-ring (bicyclic) bond motifs is 2. The summed E-state index contributed by atoms with van der Waals surface area (Å²) in [6.07, 6.45) is 1.34. The molecule has 12 heteroatoms. The van der Waals surface area contributed by atoms with Crippen LogP contribution in [0, 0.1) is 0 Å². The SMILES string of the molecule is COc1cccc(CC(=O)Nc2n[nH]c3c(C(=O)NCc4ccc5oc(=O)n(C)c5c4)ncnc23)c1. The molecule has 2 amide bonds. The molecule has 3 aromatic heterocycles. The van der Waals surface area contributed by atoms with E-state index in [1.807, 2.05) is 6.07 Å². The topological polar surface area (TPSA) is 157 Å². The Morgan fingerprint density at radius 3 is 2.83 bits per heavy atom. The van der Waals surface area contributed by atoms with Crippen LogP contribution < -0.4 is 21.1 Å². The van der Waals surface area contributed by atoms with Crippen LogP contribution in [0.2, 0.25) is 0 Å². The molecular formula is C24H21N7O5. The molecule has 36 heavy (non-hydrogen) atoms. The summed E-state index contributed by atoms with van der Waals surface area (Å²) in [4.78, 5) is 45.4. The van der Waals surface area contributed by atoms with Crippen LogP contribution >= 0.6 is 0 Å². The number of amides is 2. The second-order valence-electron chi connectivity index (χ2n) is 8.01. The van der Waals surface area contributed by atoms with Crippen LogP contribution in [0.3, 0.4) is 0 Å². The first-order valence-electron chi connectivity index (χ1n) is 10.9. The number of nitrogens with one attached hydrogen (secondary N) is 3. The first-order valence-corrected chi connectivity index (χ1v) is 10.9. The van der Waals surface area contributed by atoms with Crippen molar-refractivity contribution in [3.05, 3.63) is 76.2 Å². The lowest BCUT2D eigenvalue weighted by Crippen LogP contribution is -2.24. The number of H-pyrrole nitrogens is 1. The van der Waals surface area contributed by atoms with Crippen LogP contribution in [-0.4, -0.2) is 43.7 Å². The minimum Gasteiger partial charge on any atom is -0.497 e. The summed E-state index contributed by atoms with van der Waals surface area (Å²) in [5.74, 6) is -0.365. The van der Waals surface area contributed by atoms with Gasteiger partial charge in [-0.25, -0.2) is 14.8 Å². The van der Waals surface area contributed by atoms with Gasteiger partial charge in [0.05, 0.1) is 19.0 Å². The summed E-state index contributed by atoms with van der Waals surface area (Å²) in [5, 5.41) is 12.4. The number of oxazole rings is 1. The van der Waals surface area contributed by atoms with Gasteiger partial charge in [0.15, 0.2) is 17.1 Å². The lowest BCUT2D eigenvalue weighted by molar-refractivity contribution is -0.115. The molecule has 2 aromatic carbocycles. The normalized spacial score (nSPS) is 11.1. The van der Waals surface area contributed by atoms with Crippen LogP contribution in [0.4, 0.5) is 5.82 Å². The smallest absolute Gasteiger partial charge is 0.419 e. The van der Waals surface area contributed by atoms with Gasteiger partial charge in [-0.3, -0.25) is 19.3 Å². The van der Waals surface area contributed by atoms with Gasteiger partial charge in [-0.1, -0.05) is 18.2 Å². The first-order chi connectivity index (χ1) is 17.4. The van der Waals surface area contributed by atoms with Gasteiger partial charge in [0.1, 0.15) is 23.1 Å². The van der Waals surface area contributed by atoms with Crippen molar-refractivity contribution < 1.29 is 18.7 Å². The van der Waals surface area contributed by atoms with Gasteiger partial charge in [-0.2, -0.15) is 5.10 Å². The summed E-state index contributed by atoms with van der Waals surface area (Å²) in [7, 11) is 3.17. The average molecular weight is 487 g/mol. The molecule has 0 aliphatic rings. The molecule has 0 aliphatic carbocycles. The largest absolute Gasteiger partial charge is 0.497 e. The summed E-state index contributed by atoms with van der Waals surface area (Å²) in [6, 6.07) is 12.4. The lowest BCUT2D eigenvalue weighted by atomic mass is 10.1. The number of hydrogen-bond donors (Lipinski definition) is 3. The van der Waals surface area contributed by atoms with Gasteiger partial charge < -0.3 is 19.8 Å². The van der Waals surface area contributed by atoms with Crippen LogP contribution in [0.1, 0.15) is 21.6 Å². The van der Waals surface area contributed by atoms with E-state index >= 15 is 0 Å². The van der Waals surface area contributed by atoms with Gasteiger partial charge >= 0.3 is 5.76 Å². The van der Waals surface area contributed by atoms with Crippen LogP contribution in [-0.2, 0) is 24.8 Å².